The number of aryl methyl sites for hydroxylation is 2. The first kappa shape index (κ1) is 21.0. The molecule has 0 fully saturated rings. The van der Waals surface area contributed by atoms with Crippen LogP contribution in [0, 0.1) is 5.82 Å². The lowest BCUT2D eigenvalue weighted by Crippen LogP contribution is -2.22. The molecule has 0 aliphatic heterocycles. The van der Waals surface area contributed by atoms with Crippen LogP contribution in [0.4, 0.5) is 10.1 Å². The number of fused-ring (bicyclic) bond motifs is 1. The highest BCUT2D eigenvalue weighted by atomic mass is 19.1. The van der Waals surface area contributed by atoms with Gasteiger partial charge in [0.1, 0.15) is 5.69 Å². The average molecular weight is 421 g/mol. The molecule has 0 unspecified atom stereocenters. The number of hydrogen-bond acceptors (Lipinski definition) is 9. The summed E-state index contributed by atoms with van der Waals surface area (Å²) < 4.78 is 45.5. The minimum atomic E-state index is -1.33. The van der Waals surface area contributed by atoms with Crippen molar-refractivity contribution >= 4 is 16.9 Å². The van der Waals surface area contributed by atoms with Crippen molar-refractivity contribution in [2.45, 2.75) is 12.8 Å². The Kier molecular flexibility index (Phi) is 5.86. The van der Waals surface area contributed by atoms with Gasteiger partial charge >= 0.3 is 11.3 Å². The molecule has 0 amide bonds. The van der Waals surface area contributed by atoms with Gasteiger partial charge in [0.2, 0.25) is 11.3 Å². The van der Waals surface area contributed by atoms with Gasteiger partial charge in [-0.05, 0) is 30.5 Å². The van der Waals surface area contributed by atoms with E-state index in [0.29, 0.717) is 23.7 Å². The van der Waals surface area contributed by atoms with Gasteiger partial charge in [-0.3, -0.25) is 0 Å². The van der Waals surface area contributed by atoms with E-state index in [4.69, 9.17) is 33.5 Å². The molecular formula is C20H20FNO8. The highest BCUT2D eigenvalue weighted by Crippen LogP contribution is 2.40. The Bertz CT molecular complexity index is 1190. The molecule has 3 aromatic rings. The zero-order valence-electron chi connectivity index (χ0n) is 16.8. The van der Waals surface area contributed by atoms with Gasteiger partial charge in [-0.1, -0.05) is 0 Å². The van der Waals surface area contributed by atoms with Crippen LogP contribution in [-0.2, 0) is 12.8 Å². The van der Waals surface area contributed by atoms with Crippen molar-refractivity contribution in [1.29, 1.82) is 0 Å². The number of nitrogen functional groups attached to an aromatic ring is 1. The molecule has 0 atom stereocenters. The lowest BCUT2D eigenvalue weighted by Gasteiger charge is -2.16. The zero-order chi connectivity index (χ0) is 22.0. The van der Waals surface area contributed by atoms with Crippen LogP contribution < -0.4 is 35.9 Å². The first-order valence-corrected chi connectivity index (χ1v) is 8.76. The molecule has 0 aliphatic carbocycles. The Balaban J connectivity index is 2.13. The Morgan fingerprint density at radius 2 is 1.37 bits per heavy atom. The quantitative estimate of drug-likeness (QED) is 0.452. The predicted octanol–water partition coefficient (Wildman–Crippen LogP) is 2.29. The van der Waals surface area contributed by atoms with E-state index in [1.165, 1.54) is 28.4 Å². The highest BCUT2D eigenvalue weighted by molar-refractivity contribution is 5.84. The van der Waals surface area contributed by atoms with Gasteiger partial charge in [-0.15, -0.1) is 0 Å². The molecule has 0 saturated carbocycles. The summed E-state index contributed by atoms with van der Waals surface area (Å²) in [5.41, 5.74) is 3.13. The fraction of sp³-hybridized carbons (Fsp3) is 0.300. The van der Waals surface area contributed by atoms with E-state index < -0.39 is 22.7 Å². The van der Waals surface area contributed by atoms with Crippen LogP contribution in [0.3, 0.4) is 0 Å². The van der Waals surface area contributed by atoms with E-state index >= 15 is 0 Å². The molecular weight excluding hydrogens is 401 g/mol. The minimum absolute atomic E-state index is 0.00978. The molecule has 1 heterocycles. The third kappa shape index (κ3) is 3.51. The molecule has 1 aromatic heterocycles. The van der Waals surface area contributed by atoms with Crippen molar-refractivity contribution in [1.82, 2.24) is 0 Å². The maximum Gasteiger partial charge on any atom is 0.423 e. The highest BCUT2D eigenvalue weighted by Gasteiger charge is 2.24. The summed E-state index contributed by atoms with van der Waals surface area (Å²) in [7, 11) is 5.79. The smallest absolute Gasteiger partial charge is 0.423 e. The summed E-state index contributed by atoms with van der Waals surface area (Å²) >= 11 is 0. The SMILES string of the molecule is COc1cc(CCc2c(OC)c(N)c(F)c3oc(=O)c(=O)oc23)cc(OC)c1OC. The molecule has 160 valence electrons. The van der Waals surface area contributed by atoms with Gasteiger partial charge in [0.25, 0.3) is 0 Å². The van der Waals surface area contributed by atoms with Crippen molar-refractivity contribution in [3.63, 3.8) is 0 Å². The summed E-state index contributed by atoms with van der Waals surface area (Å²) in [5, 5.41) is 0. The van der Waals surface area contributed by atoms with E-state index in [9.17, 15) is 14.0 Å². The van der Waals surface area contributed by atoms with Crippen LogP contribution >= 0.6 is 0 Å². The van der Waals surface area contributed by atoms with Gasteiger partial charge in [-0.25, -0.2) is 14.0 Å². The van der Waals surface area contributed by atoms with Gasteiger partial charge < -0.3 is 33.5 Å². The molecule has 30 heavy (non-hydrogen) atoms. The third-order valence-electron chi connectivity index (χ3n) is 4.58. The fourth-order valence-electron chi connectivity index (χ4n) is 3.20. The van der Waals surface area contributed by atoms with E-state index in [-0.39, 0.29) is 29.0 Å². The fourth-order valence-corrected chi connectivity index (χ4v) is 3.20. The largest absolute Gasteiger partial charge is 0.494 e. The molecule has 0 spiro atoms. The first-order chi connectivity index (χ1) is 14.4. The third-order valence-corrected chi connectivity index (χ3v) is 4.58. The number of rotatable bonds is 7. The van der Waals surface area contributed by atoms with Crippen molar-refractivity contribution < 1.29 is 32.2 Å². The Hall–Kier alpha value is -3.69. The summed E-state index contributed by atoms with van der Waals surface area (Å²) in [6.45, 7) is 0. The molecule has 2 N–H and O–H groups in total. The number of nitrogens with two attached hydrogens (primary N) is 1. The van der Waals surface area contributed by atoms with E-state index in [1.807, 2.05) is 0 Å². The molecule has 0 bridgehead atoms. The Morgan fingerprint density at radius 3 is 1.87 bits per heavy atom. The second kappa shape index (κ2) is 8.36. The maximum absolute atomic E-state index is 14.5. The molecule has 2 aromatic carbocycles. The van der Waals surface area contributed by atoms with Crippen LogP contribution in [0.1, 0.15) is 11.1 Å². The normalized spacial score (nSPS) is 10.8. The minimum Gasteiger partial charge on any atom is -0.494 e. The van der Waals surface area contributed by atoms with Crippen LogP contribution in [-0.4, -0.2) is 28.4 Å². The van der Waals surface area contributed by atoms with E-state index in [0.717, 1.165) is 5.56 Å². The number of hydrogen-bond donors (Lipinski definition) is 1. The maximum atomic E-state index is 14.5. The first-order valence-electron chi connectivity index (χ1n) is 8.76. The summed E-state index contributed by atoms with van der Waals surface area (Å²) in [6, 6.07) is 3.50. The Morgan fingerprint density at radius 1 is 0.833 bits per heavy atom. The predicted molar refractivity (Wildman–Crippen MR) is 105 cm³/mol. The Labute approximate surface area is 169 Å². The van der Waals surface area contributed by atoms with Gasteiger partial charge in [0, 0.05) is 5.56 Å². The van der Waals surface area contributed by atoms with Gasteiger partial charge in [0.05, 0.1) is 28.4 Å². The average Bonchev–Trinajstić information content (AvgIpc) is 2.75. The van der Waals surface area contributed by atoms with Crippen LogP contribution in [0.25, 0.3) is 11.2 Å². The number of ether oxygens (including phenoxy) is 4. The summed E-state index contributed by atoms with van der Waals surface area (Å²) in [4.78, 5) is 23.2. The second-order valence-corrected chi connectivity index (χ2v) is 6.21. The van der Waals surface area contributed by atoms with Crippen molar-refractivity contribution in [2.24, 2.45) is 0 Å². The van der Waals surface area contributed by atoms with Crippen molar-refractivity contribution in [3.05, 3.63) is 49.9 Å². The van der Waals surface area contributed by atoms with Gasteiger partial charge in [-0.2, -0.15) is 0 Å². The standard InChI is InChI=1S/C20H20FNO8/c1-25-11-7-9(8-12(26-2)17(11)28-4)5-6-10-15(27-3)14(22)13(21)18-16(10)29-19(23)20(24)30-18/h7-8H,5-6,22H2,1-4H3. The molecule has 3 rings (SSSR count). The lowest BCUT2D eigenvalue weighted by molar-refractivity contribution is 0.324. The number of halogens is 1. The molecule has 0 radical (unpaired) electrons. The lowest BCUT2D eigenvalue weighted by atomic mass is 10.0. The van der Waals surface area contributed by atoms with E-state index in [1.54, 1.807) is 12.1 Å². The summed E-state index contributed by atoms with van der Waals surface area (Å²) in [6.07, 6.45) is 0.579. The molecule has 10 heteroatoms. The molecule has 0 saturated heterocycles. The second-order valence-electron chi connectivity index (χ2n) is 6.21. The number of anilines is 1. The van der Waals surface area contributed by atoms with E-state index in [2.05, 4.69) is 0 Å². The van der Waals surface area contributed by atoms with Crippen molar-refractivity contribution in [2.75, 3.05) is 34.2 Å². The van der Waals surface area contributed by atoms with Crippen LogP contribution in [0.2, 0.25) is 0 Å². The van der Waals surface area contributed by atoms with Crippen LogP contribution in [0.5, 0.6) is 23.0 Å². The zero-order valence-corrected chi connectivity index (χ0v) is 16.8. The topological polar surface area (TPSA) is 123 Å². The van der Waals surface area contributed by atoms with Crippen molar-refractivity contribution in [3.8, 4) is 23.0 Å². The number of benzene rings is 2. The summed E-state index contributed by atoms with van der Waals surface area (Å²) in [5.74, 6) is 0.300. The monoisotopic (exact) mass is 421 g/mol. The van der Waals surface area contributed by atoms with Crippen LogP contribution in [0.15, 0.2) is 30.6 Å². The molecule has 0 aliphatic rings. The number of methoxy groups -OCH3 is 4. The van der Waals surface area contributed by atoms with Gasteiger partial charge in [0.15, 0.2) is 28.6 Å². The molecule has 9 nitrogen and oxygen atoms in total.